The van der Waals surface area contributed by atoms with E-state index >= 15 is 0 Å². The topological polar surface area (TPSA) is 118 Å². The number of nitrogens with one attached hydrogen (secondary N) is 1. The Kier molecular flexibility index (Phi) is 5.08. The Morgan fingerprint density at radius 1 is 1.29 bits per heavy atom. The molecule has 1 aliphatic heterocycles. The maximum Gasteiger partial charge on any atom is 0.251 e. The van der Waals surface area contributed by atoms with Crippen LogP contribution in [0.15, 0.2) is 29.2 Å². The molecular weight excluding hydrogens is 354 g/mol. The minimum atomic E-state index is -3.74. The lowest BCUT2D eigenvalue weighted by atomic mass is 10.1. The number of hydrogen-bond donors (Lipinski definition) is 2. The summed E-state index contributed by atoms with van der Waals surface area (Å²) < 4.78 is 47.9. The number of amides is 1. The van der Waals surface area contributed by atoms with Gasteiger partial charge in [0.05, 0.1) is 27.3 Å². The van der Waals surface area contributed by atoms with Crippen molar-refractivity contribution >= 4 is 25.6 Å². The van der Waals surface area contributed by atoms with E-state index in [1.807, 2.05) is 0 Å². The molecule has 0 bridgehead atoms. The number of hydrogen-bond acceptors (Lipinski definition) is 6. The second kappa shape index (κ2) is 6.45. The first-order chi connectivity index (χ1) is 10.9. The largest absolute Gasteiger partial charge is 0.389 e. The maximum atomic E-state index is 12.5. The van der Waals surface area contributed by atoms with E-state index in [1.165, 1.54) is 24.3 Å². The molecule has 134 valence electrons. The molecule has 1 heterocycles. The highest BCUT2D eigenvalue weighted by atomic mass is 32.2. The summed E-state index contributed by atoms with van der Waals surface area (Å²) in [7, 11) is -7.04. The van der Waals surface area contributed by atoms with Crippen molar-refractivity contribution in [3.8, 4) is 0 Å². The van der Waals surface area contributed by atoms with Gasteiger partial charge in [0.15, 0.2) is 19.7 Å². The molecular formula is C15H21NO6S2. The molecule has 1 aliphatic rings. The molecule has 1 aromatic rings. The average molecular weight is 375 g/mol. The summed E-state index contributed by atoms with van der Waals surface area (Å²) in [5, 5.41) is 11.2. The Morgan fingerprint density at radius 2 is 1.88 bits per heavy atom. The van der Waals surface area contributed by atoms with Gasteiger partial charge in [0.25, 0.3) is 5.91 Å². The second-order valence-corrected chi connectivity index (χ2v) is 11.0. The van der Waals surface area contributed by atoms with Crippen LogP contribution in [0.1, 0.15) is 30.6 Å². The van der Waals surface area contributed by atoms with Crippen LogP contribution in [0.5, 0.6) is 0 Å². The SMILES string of the molecule is CC(C)(O)CNC(=O)c1ccc(S(=O)(=O)C2CCS(=O)(=O)C2)cc1. The third kappa shape index (κ3) is 4.55. The molecule has 1 aromatic carbocycles. The minimum absolute atomic E-state index is 0.00337. The van der Waals surface area contributed by atoms with Gasteiger partial charge in [-0.05, 0) is 44.5 Å². The molecule has 1 fully saturated rings. The normalized spacial score (nSPS) is 20.7. The van der Waals surface area contributed by atoms with Gasteiger partial charge in [-0.3, -0.25) is 4.79 Å². The van der Waals surface area contributed by atoms with E-state index in [-0.39, 0.29) is 34.9 Å². The van der Waals surface area contributed by atoms with Crippen LogP contribution in [0, 0.1) is 0 Å². The van der Waals surface area contributed by atoms with Crippen molar-refractivity contribution in [3.63, 3.8) is 0 Å². The number of rotatable bonds is 5. The highest BCUT2D eigenvalue weighted by Gasteiger charge is 2.38. The van der Waals surface area contributed by atoms with Gasteiger partial charge in [-0.25, -0.2) is 16.8 Å². The summed E-state index contributed by atoms with van der Waals surface area (Å²) >= 11 is 0. The molecule has 0 aromatic heterocycles. The standard InChI is InChI=1S/C15H21NO6S2/c1-15(2,18)10-16-14(17)11-3-5-12(6-4-11)24(21,22)13-7-8-23(19,20)9-13/h3-6,13,18H,7-10H2,1-2H3,(H,16,17). The second-order valence-electron chi connectivity index (χ2n) is 6.59. The van der Waals surface area contributed by atoms with E-state index in [1.54, 1.807) is 13.8 Å². The van der Waals surface area contributed by atoms with E-state index in [0.29, 0.717) is 0 Å². The Balaban J connectivity index is 2.13. The van der Waals surface area contributed by atoms with Gasteiger partial charge in [-0.1, -0.05) is 0 Å². The van der Waals surface area contributed by atoms with Crippen molar-refractivity contribution in [2.75, 3.05) is 18.1 Å². The Hall–Kier alpha value is -1.45. The predicted molar refractivity (Wildman–Crippen MR) is 89.3 cm³/mol. The minimum Gasteiger partial charge on any atom is -0.389 e. The van der Waals surface area contributed by atoms with Gasteiger partial charge in [0.1, 0.15) is 0 Å². The molecule has 2 rings (SSSR count). The fourth-order valence-corrected chi connectivity index (χ4v) is 6.75. The van der Waals surface area contributed by atoms with Gasteiger partial charge in [-0.15, -0.1) is 0 Å². The molecule has 24 heavy (non-hydrogen) atoms. The smallest absolute Gasteiger partial charge is 0.251 e. The number of benzene rings is 1. The summed E-state index contributed by atoms with van der Waals surface area (Å²) in [6, 6.07) is 5.35. The van der Waals surface area contributed by atoms with Crippen LogP contribution in [0.3, 0.4) is 0 Å². The Labute approximate surface area is 141 Å². The summed E-state index contributed by atoms with van der Waals surface area (Å²) in [6.07, 6.45) is 0.0957. The average Bonchev–Trinajstić information content (AvgIpc) is 2.85. The van der Waals surface area contributed by atoms with Crippen LogP contribution in [-0.2, 0) is 19.7 Å². The maximum absolute atomic E-state index is 12.5. The van der Waals surface area contributed by atoms with Gasteiger partial charge >= 0.3 is 0 Å². The molecule has 2 N–H and O–H groups in total. The number of aliphatic hydroxyl groups is 1. The highest BCUT2D eigenvalue weighted by molar-refractivity contribution is 7.96. The van der Waals surface area contributed by atoms with Gasteiger partial charge < -0.3 is 10.4 Å². The molecule has 1 saturated heterocycles. The van der Waals surface area contributed by atoms with Crippen molar-refractivity contribution in [1.29, 1.82) is 0 Å². The molecule has 9 heteroatoms. The summed E-state index contributed by atoms with van der Waals surface area (Å²) in [5.41, 5.74) is -0.787. The van der Waals surface area contributed by atoms with E-state index in [2.05, 4.69) is 5.32 Å². The van der Waals surface area contributed by atoms with Crippen molar-refractivity contribution in [2.45, 2.75) is 36.0 Å². The number of carbonyl (C=O) groups is 1. The monoisotopic (exact) mass is 375 g/mol. The fourth-order valence-electron chi connectivity index (χ4n) is 2.39. The van der Waals surface area contributed by atoms with Crippen molar-refractivity contribution in [1.82, 2.24) is 5.32 Å². The highest BCUT2D eigenvalue weighted by Crippen LogP contribution is 2.25. The molecule has 0 aliphatic carbocycles. The van der Waals surface area contributed by atoms with E-state index in [0.717, 1.165) is 0 Å². The number of sulfone groups is 2. The summed E-state index contributed by atoms with van der Waals surface area (Å²) in [4.78, 5) is 11.9. The zero-order chi connectivity index (χ0) is 18.2. The van der Waals surface area contributed by atoms with Crippen molar-refractivity contribution in [3.05, 3.63) is 29.8 Å². The van der Waals surface area contributed by atoms with Crippen LogP contribution in [0.2, 0.25) is 0 Å². The Morgan fingerprint density at radius 3 is 2.33 bits per heavy atom. The van der Waals surface area contributed by atoms with Crippen LogP contribution in [0.25, 0.3) is 0 Å². The molecule has 1 amide bonds. The molecule has 0 radical (unpaired) electrons. The van der Waals surface area contributed by atoms with E-state index < -0.39 is 36.4 Å². The van der Waals surface area contributed by atoms with Gasteiger partial charge in [-0.2, -0.15) is 0 Å². The Bertz CT molecular complexity index is 820. The lowest BCUT2D eigenvalue weighted by Crippen LogP contribution is -2.38. The molecule has 1 atom stereocenters. The van der Waals surface area contributed by atoms with E-state index in [9.17, 15) is 26.7 Å². The lowest BCUT2D eigenvalue weighted by Gasteiger charge is -2.17. The molecule has 7 nitrogen and oxygen atoms in total. The molecule has 0 saturated carbocycles. The molecule has 1 unspecified atom stereocenters. The zero-order valence-corrected chi connectivity index (χ0v) is 15.2. The van der Waals surface area contributed by atoms with Crippen LogP contribution in [-0.4, -0.2) is 56.8 Å². The quantitative estimate of drug-likeness (QED) is 0.756. The van der Waals surface area contributed by atoms with E-state index in [4.69, 9.17) is 0 Å². The fraction of sp³-hybridized carbons (Fsp3) is 0.533. The van der Waals surface area contributed by atoms with Gasteiger partial charge in [0, 0.05) is 12.1 Å². The van der Waals surface area contributed by atoms with Crippen LogP contribution < -0.4 is 5.32 Å². The zero-order valence-electron chi connectivity index (χ0n) is 13.5. The first-order valence-electron chi connectivity index (χ1n) is 7.46. The van der Waals surface area contributed by atoms with Crippen LogP contribution in [0.4, 0.5) is 0 Å². The summed E-state index contributed by atoms with van der Waals surface area (Å²) in [5.74, 6) is -0.901. The third-order valence-electron chi connectivity index (χ3n) is 3.76. The first kappa shape index (κ1) is 18.9. The van der Waals surface area contributed by atoms with Crippen molar-refractivity contribution in [2.24, 2.45) is 0 Å². The summed E-state index contributed by atoms with van der Waals surface area (Å²) in [6.45, 7) is 3.17. The predicted octanol–water partition coefficient (Wildman–Crippen LogP) is 0.148. The van der Waals surface area contributed by atoms with Crippen molar-refractivity contribution < 1.29 is 26.7 Å². The number of carbonyl (C=O) groups excluding carboxylic acids is 1. The molecule has 0 spiro atoms. The van der Waals surface area contributed by atoms with Gasteiger partial charge in [0.2, 0.25) is 0 Å². The third-order valence-corrected chi connectivity index (χ3v) is 7.94. The first-order valence-corrected chi connectivity index (χ1v) is 10.8. The van der Waals surface area contributed by atoms with Crippen LogP contribution >= 0.6 is 0 Å². The lowest BCUT2D eigenvalue weighted by molar-refractivity contribution is 0.0694.